The number of hydrogen-bond acceptors (Lipinski definition) is 7. The number of esters is 2. The van der Waals surface area contributed by atoms with Crippen LogP contribution in [0.25, 0.3) is 0 Å². The Kier molecular flexibility index (Phi) is 4.93. The Morgan fingerprint density at radius 2 is 1.94 bits per heavy atom. The number of carbonyl (C=O) groups is 3. The van der Waals surface area contributed by atoms with E-state index in [-0.39, 0.29) is 42.3 Å². The summed E-state index contributed by atoms with van der Waals surface area (Å²) in [5.41, 5.74) is -0.574. The van der Waals surface area contributed by atoms with Crippen LogP contribution in [0.3, 0.4) is 0 Å². The minimum Gasteiger partial charge on any atom is -0.481 e. The van der Waals surface area contributed by atoms with Gasteiger partial charge >= 0.3 is 17.9 Å². The van der Waals surface area contributed by atoms with Crippen LogP contribution in [-0.2, 0) is 28.6 Å². The lowest BCUT2D eigenvalue weighted by molar-refractivity contribution is -0.146. The molecule has 4 aliphatic heterocycles. The van der Waals surface area contributed by atoms with Crippen LogP contribution in [0.2, 0.25) is 0 Å². The molecule has 0 radical (unpaired) electrons. The monoisotopic (exact) mass is 433 g/mol. The maximum atomic E-state index is 13.1. The second-order valence-corrected chi connectivity index (χ2v) is 10.3. The van der Waals surface area contributed by atoms with Gasteiger partial charge in [-0.05, 0) is 44.8 Å². The third-order valence-electron chi connectivity index (χ3n) is 8.13. The summed E-state index contributed by atoms with van der Waals surface area (Å²) in [5, 5.41) is 9.71. The average Bonchev–Trinajstić information content (AvgIpc) is 3.09. The zero-order valence-corrected chi connectivity index (χ0v) is 18.3. The molecule has 8 atom stereocenters. The molecule has 2 bridgehead atoms. The molecule has 170 valence electrons. The first-order valence-corrected chi connectivity index (χ1v) is 11.5. The predicted molar refractivity (Wildman–Crippen MR) is 108 cm³/mol. The number of piperidine rings is 1. The standard InChI is InChI=1S/C23H31NO7/c1-11-4-6-24(7-5-11)19-13(9-17(25)26)20-23(3,31-20)10-16-18(12(2)21(27)30-16)15-8-14(19)22(28)29-15/h8,11-14,16,18-20H,4-7,9-10H2,1-3H3,(H,25,26). The molecule has 0 saturated carbocycles. The van der Waals surface area contributed by atoms with Gasteiger partial charge in [0, 0.05) is 18.4 Å². The van der Waals surface area contributed by atoms with Crippen LogP contribution in [0.4, 0.5) is 0 Å². The molecule has 8 heteroatoms. The highest BCUT2D eigenvalue weighted by Gasteiger charge is 2.64. The van der Waals surface area contributed by atoms with Gasteiger partial charge in [-0.3, -0.25) is 19.3 Å². The summed E-state index contributed by atoms with van der Waals surface area (Å²) < 4.78 is 17.6. The van der Waals surface area contributed by atoms with Crippen molar-refractivity contribution < 1.29 is 33.7 Å². The lowest BCUT2D eigenvalue weighted by Gasteiger charge is -2.42. The van der Waals surface area contributed by atoms with Crippen LogP contribution < -0.4 is 0 Å². The van der Waals surface area contributed by atoms with E-state index in [0.29, 0.717) is 18.1 Å². The number of carboxylic acids is 1. The van der Waals surface area contributed by atoms with Crippen molar-refractivity contribution in [1.82, 2.24) is 4.90 Å². The number of likely N-dealkylation sites (tertiary alicyclic amines) is 1. The molecule has 5 aliphatic rings. The van der Waals surface area contributed by atoms with Crippen molar-refractivity contribution in [2.24, 2.45) is 29.6 Å². The molecule has 1 aliphatic carbocycles. The smallest absolute Gasteiger partial charge is 0.319 e. The highest BCUT2D eigenvalue weighted by Crippen LogP contribution is 2.54. The van der Waals surface area contributed by atoms with Gasteiger partial charge in [-0.15, -0.1) is 0 Å². The van der Waals surface area contributed by atoms with Crippen LogP contribution in [0.15, 0.2) is 11.8 Å². The Hall–Kier alpha value is -1.93. The van der Waals surface area contributed by atoms with E-state index in [1.165, 1.54) is 0 Å². The van der Waals surface area contributed by atoms with Gasteiger partial charge in [0.1, 0.15) is 11.9 Å². The fourth-order valence-electron chi connectivity index (χ4n) is 6.34. The topological polar surface area (TPSA) is 106 Å². The fraction of sp³-hybridized carbons (Fsp3) is 0.783. The molecule has 4 heterocycles. The summed E-state index contributed by atoms with van der Waals surface area (Å²) in [4.78, 5) is 39.6. The molecule has 3 fully saturated rings. The largest absolute Gasteiger partial charge is 0.481 e. The minimum atomic E-state index is -0.898. The molecule has 0 amide bonds. The van der Waals surface area contributed by atoms with E-state index in [4.69, 9.17) is 14.2 Å². The van der Waals surface area contributed by atoms with E-state index >= 15 is 0 Å². The van der Waals surface area contributed by atoms with Crippen molar-refractivity contribution in [3.8, 4) is 0 Å². The number of nitrogens with zero attached hydrogens (tertiary/aromatic N) is 1. The lowest BCUT2D eigenvalue weighted by atomic mass is 9.75. The molecular weight excluding hydrogens is 402 g/mol. The van der Waals surface area contributed by atoms with E-state index in [2.05, 4.69) is 11.8 Å². The molecule has 3 saturated heterocycles. The number of carboxylic acid groups (broad SMARTS) is 1. The summed E-state index contributed by atoms with van der Waals surface area (Å²) in [6.45, 7) is 7.65. The van der Waals surface area contributed by atoms with Gasteiger partial charge in [-0.1, -0.05) is 13.8 Å². The van der Waals surface area contributed by atoms with Crippen LogP contribution in [0.5, 0.6) is 0 Å². The maximum absolute atomic E-state index is 13.1. The number of epoxide rings is 1. The number of fused-ring (bicyclic) bond motifs is 4. The van der Waals surface area contributed by atoms with Crippen molar-refractivity contribution >= 4 is 17.9 Å². The highest BCUT2D eigenvalue weighted by atomic mass is 16.6. The number of rotatable bonds is 3. The molecule has 1 N–H and O–H groups in total. The van der Waals surface area contributed by atoms with Gasteiger partial charge in [0.15, 0.2) is 0 Å². The van der Waals surface area contributed by atoms with Gasteiger partial charge in [-0.25, -0.2) is 0 Å². The van der Waals surface area contributed by atoms with E-state index < -0.39 is 29.5 Å². The Bertz CT molecular complexity index is 832. The molecule has 5 rings (SSSR count). The Labute approximate surface area is 181 Å². The van der Waals surface area contributed by atoms with Crippen LogP contribution >= 0.6 is 0 Å². The SMILES string of the molecule is CC1CCN(C2C3C=C(OC3=O)C3C(CC4(C)OC4C2CC(=O)O)OC(=O)C3C)CC1. The van der Waals surface area contributed by atoms with Gasteiger partial charge < -0.3 is 19.3 Å². The number of carbonyl (C=O) groups excluding carboxylic acids is 2. The van der Waals surface area contributed by atoms with E-state index in [1.807, 2.05) is 19.9 Å². The first-order valence-electron chi connectivity index (χ1n) is 11.5. The molecule has 8 nitrogen and oxygen atoms in total. The van der Waals surface area contributed by atoms with Crippen molar-refractivity contribution in [3.05, 3.63) is 11.8 Å². The van der Waals surface area contributed by atoms with Gasteiger partial charge in [0.25, 0.3) is 0 Å². The van der Waals surface area contributed by atoms with E-state index in [9.17, 15) is 19.5 Å². The molecule has 0 aromatic rings. The third-order valence-corrected chi connectivity index (χ3v) is 8.13. The van der Waals surface area contributed by atoms with Crippen molar-refractivity contribution in [1.29, 1.82) is 0 Å². The molecular formula is C23H31NO7. The quantitative estimate of drug-likeness (QED) is 0.532. The first kappa shape index (κ1) is 20.9. The Morgan fingerprint density at radius 1 is 1.23 bits per heavy atom. The van der Waals surface area contributed by atoms with Gasteiger partial charge in [-0.2, -0.15) is 0 Å². The second-order valence-electron chi connectivity index (χ2n) is 10.3. The summed E-state index contributed by atoms with van der Waals surface area (Å²) in [5.74, 6) is -2.06. The molecule has 31 heavy (non-hydrogen) atoms. The molecule has 0 aromatic heterocycles. The fourth-order valence-corrected chi connectivity index (χ4v) is 6.34. The van der Waals surface area contributed by atoms with Crippen molar-refractivity contribution in [2.45, 2.75) is 70.3 Å². The Morgan fingerprint density at radius 3 is 2.61 bits per heavy atom. The van der Waals surface area contributed by atoms with Gasteiger partial charge in [0.2, 0.25) is 0 Å². The number of ether oxygens (including phenoxy) is 3. The summed E-state index contributed by atoms with van der Waals surface area (Å²) in [6, 6.07) is -0.301. The number of hydrogen-bond donors (Lipinski definition) is 1. The predicted octanol–water partition coefficient (Wildman–Crippen LogP) is 1.97. The summed E-state index contributed by atoms with van der Waals surface area (Å²) in [6.07, 6.45) is 3.54. The zero-order chi connectivity index (χ0) is 22.1. The van der Waals surface area contributed by atoms with Gasteiger partial charge in [0.05, 0.1) is 35.9 Å². The lowest BCUT2D eigenvalue weighted by Crippen LogP contribution is -2.52. The molecule has 0 spiro atoms. The second kappa shape index (κ2) is 7.30. The van der Waals surface area contributed by atoms with E-state index in [0.717, 1.165) is 25.9 Å². The van der Waals surface area contributed by atoms with Crippen molar-refractivity contribution in [3.63, 3.8) is 0 Å². The first-order chi connectivity index (χ1) is 14.7. The van der Waals surface area contributed by atoms with Crippen LogP contribution in [-0.4, -0.2) is 64.9 Å². The average molecular weight is 434 g/mol. The Balaban J connectivity index is 1.57. The summed E-state index contributed by atoms with van der Waals surface area (Å²) >= 11 is 0. The minimum absolute atomic E-state index is 0.0752. The number of aliphatic carboxylic acids is 1. The zero-order valence-electron chi connectivity index (χ0n) is 18.3. The highest BCUT2D eigenvalue weighted by molar-refractivity contribution is 5.81. The molecule has 8 unspecified atom stereocenters. The van der Waals surface area contributed by atoms with Crippen LogP contribution in [0.1, 0.15) is 46.5 Å². The van der Waals surface area contributed by atoms with E-state index in [1.54, 1.807) is 0 Å². The molecule has 0 aromatic carbocycles. The maximum Gasteiger partial charge on any atom is 0.319 e. The third kappa shape index (κ3) is 3.48. The van der Waals surface area contributed by atoms with Crippen LogP contribution in [0, 0.1) is 29.6 Å². The normalized spacial score (nSPS) is 45.3. The van der Waals surface area contributed by atoms with Crippen molar-refractivity contribution in [2.75, 3.05) is 13.1 Å². The summed E-state index contributed by atoms with van der Waals surface area (Å²) in [7, 11) is 0.